The molecule has 1 aliphatic heterocycles. The highest BCUT2D eigenvalue weighted by Gasteiger charge is 2.44. The number of carbonyl (C=O) groups is 1. The van der Waals surface area contributed by atoms with Crippen LogP contribution in [-0.2, 0) is 4.79 Å². The number of carbonyl (C=O) groups excluding carboxylic acids is 1. The average Bonchev–Trinajstić information content (AvgIpc) is 3.10. The Kier molecular flexibility index (Phi) is 5.41. The largest absolute Gasteiger partial charge is 0.458 e. The van der Waals surface area contributed by atoms with Crippen molar-refractivity contribution in [3.05, 3.63) is 53.7 Å². The van der Waals surface area contributed by atoms with E-state index in [-0.39, 0.29) is 23.7 Å². The summed E-state index contributed by atoms with van der Waals surface area (Å²) in [6.07, 6.45) is -3.64. The number of alkyl halides is 3. The molecular weight excluding hydrogens is 366 g/mol. The Morgan fingerprint density at radius 2 is 1.96 bits per heavy atom. The Morgan fingerprint density at radius 1 is 1.22 bits per heavy atom. The number of ketones is 1. The third-order valence-corrected chi connectivity index (χ3v) is 4.37. The number of aromatic nitrogens is 2. The molecule has 1 aromatic carbocycles. The van der Waals surface area contributed by atoms with Gasteiger partial charge in [-0.1, -0.05) is 18.2 Å². The Bertz CT molecular complexity index is 811. The van der Waals surface area contributed by atoms with Crippen molar-refractivity contribution in [3.8, 4) is 5.88 Å². The van der Waals surface area contributed by atoms with Crippen molar-refractivity contribution >= 4 is 5.78 Å². The van der Waals surface area contributed by atoms with Crippen LogP contribution in [0.4, 0.5) is 17.6 Å². The zero-order valence-corrected chi connectivity index (χ0v) is 14.3. The molecule has 1 saturated heterocycles. The molecule has 2 aromatic rings. The first kappa shape index (κ1) is 19.2. The molecule has 5 nitrogen and oxygen atoms in total. The number of rotatable bonds is 5. The van der Waals surface area contributed by atoms with Gasteiger partial charge in [-0.3, -0.25) is 15.1 Å². The molecule has 1 aromatic heterocycles. The van der Waals surface area contributed by atoms with Crippen LogP contribution in [0.5, 0.6) is 5.88 Å². The second kappa shape index (κ2) is 7.59. The molecule has 0 bridgehead atoms. The summed E-state index contributed by atoms with van der Waals surface area (Å²) in [7, 11) is 0. The molecule has 0 radical (unpaired) electrons. The molecule has 9 heteroatoms. The summed E-state index contributed by atoms with van der Waals surface area (Å²) in [5.74, 6) is -1.37. The van der Waals surface area contributed by atoms with E-state index in [4.69, 9.17) is 4.74 Å². The maximum Gasteiger partial charge on any atom is 0.429 e. The fourth-order valence-electron chi connectivity index (χ4n) is 2.98. The number of nitrogens with one attached hydrogen (secondary N) is 1. The van der Waals surface area contributed by atoms with Crippen molar-refractivity contribution in [3.63, 3.8) is 0 Å². The van der Waals surface area contributed by atoms with Gasteiger partial charge in [-0.2, -0.15) is 13.2 Å². The lowest BCUT2D eigenvalue weighted by molar-refractivity contribution is -0.199. The van der Waals surface area contributed by atoms with Crippen LogP contribution in [-0.4, -0.2) is 28.0 Å². The predicted octanol–water partition coefficient (Wildman–Crippen LogP) is 3.68. The molecule has 0 saturated carbocycles. The smallest absolute Gasteiger partial charge is 0.429 e. The van der Waals surface area contributed by atoms with Crippen molar-refractivity contribution in [1.82, 2.24) is 15.3 Å². The fourth-order valence-corrected chi connectivity index (χ4v) is 2.98. The van der Waals surface area contributed by atoms with Gasteiger partial charge < -0.3 is 4.74 Å². The normalized spacial score (nSPS) is 21.1. The van der Waals surface area contributed by atoms with Crippen molar-refractivity contribution in [2.24, 2.45) is 0 Å². The van der Waals surface area contributed by atoms with Crippen molar-refractivity contribution in [2.75, 3.05) is 0 Å². The van der Waals surface area contributed by atoms with Crippen LogP contribution in [0.2, 0.25) is 0 Å². The van der Waals surface area contributed by atoms with Crippen molar-refractivity contribution in [1.29, 1.82) is 0 Å². The molecule has 2 heterocycles. The van der Waals surface area contributed by atoms with Gasteiger partial charge in [0.1, 0.15) is 11.6 Å². The molecule has 27 heavy (non-hydrogen) atoms. The zero-order chi connectivity index (χ0) is 19.6. The molecule has 0 amide bonds. The maximum atomic E-state index is 13.8. The van der Waals surface area contributed by atoms with Crippen LogP contribution in [0.25, 0.3) is 0 Å². The maximum absolute atomic E-state index is 13.8. The van der Waals surface area contributed by atoms with E-state index >= 15 is 0 Å². The first-order valence-corrected chi connectivity index (χ1v) is 8.32. The molecule has 0 spiro atoms. The van der Waals surface area contributed by atoms with Gasteiger partial charge in [-0.05, 0) is 25.8 Å². The van der Waals surface area contributed by atoms with Gasteiger partial charge in [0.25, 0.3) is 0 Å². The van der Waals surface area contributed by atoms with Gasteiger partial charge in [0.05, 0.1) is 30.2 Å². The summed E-state index contributed by atoms with van der Waals surface area (Å²) in [6.45, 7) is 1.49. The third kappa shape index (κ3) is 4.41. The van der Waals surface area contributed by atoms with E-state index in [1.54, 1.807) is 0 Å². The minimum absolute atomic E-state index is 0.0170. The summed E-state index contributed by atoms with van der Waals surface area (Å²) >= 11 is 0. The van der Waals surface area contributed by atoms with Crippen LogP contribution < -0.4 is 10.1 Å². The predicted molar refractivity (Wildman–Crippen MR) is 87.4 cm³/mol. The summed E-state index contributed by atoms with van der Waals surface area (Å²) in [5, 5.41) is 3.10. The van der Waals surface area contributed by atoms with Crippen LogP contribution in [0, 0.1) is 5.82 Å². The van der Waals surface area contributed by atoms with Gasteiger partial charge in [0.15, 0.2) is 0 Å². The summed E-state index contributed by atoms with van der Waals surface area (Å²) in [6, 6.07) is 4.08. The lowest BCUT2D eigenvalue weighted by atomic mass is 10.1. The van der Waals surface area contributed by atoms with Gasteiger partial charge >= 0.3 is 6.18 Å². The molecule has 144 valence electrons. The molecule has 1 unspecified atom stereocenters. The second-order valence-electron chi connectivity index (χ2n) is 6.30. The van der Waals surface area contributed by atoms with E-state index < -0.39 is 23.7 Å². The molecule has 3 rings (SSSR count). The quantitative estimate of drug-likeness (QED) is 0.798. The molecule has 1 N–H and O–H groups in total. The molecule has 1 fully saturated rings. The van der Waals surface area contributed by atoms with Gasteiger partial charge in [-0.15, -0.1) is 0 Å². The standard InChI is InChI=1S/C18H17F4N3O2/c1-10(26)13-6-7-14(25-13)15-8-24-16(9-23-15)27-17(18(20,21)22)11-4-2-3-5-12(11)19/h2-5,8-9,13-14,17,25H,6-7H2,1H3/t13-,14+,17?/m0/s1. The van der Waals surface area contributed by atoms with E-state index in [1.165, 1.54) is 25.3 Å². The van der Waals surface area contributed by atoms with Gasteiger partial charge in [0, 0.05) is 5.56 Å². The van der Waals surface area contributed by atoms with Crippen LogP contribution in [0.3, 0.4) is 0 Å². The third-order valence-electron chi connectivity index (χ3n) is 4.37. The summed E-state index contributed by atoms with van der Waals surface area (Å²) < 4.78 is 58.7. The monoisotopic (exact) mass is 383 g/mol. The number of nitrogens with zero attached hydrogens (tertiary/aromatic N) is 2. The lowest BCUT2D eigenvalue weighted by Gasteiger charge is -2.22. The zero-order valence-electron chi connectivity index (χ0n) is 14.3. The van der Waals surface area contributed by atoms with Crippen LogP contribution >= 0.6 is 0 Å². The number of benzene rings is 1. The van der Waals surface area contributed by atoms with E-state index in [9.17, 15) is 22.4 Å². The Hall–Kier alpha value is -2.55. The van der Waals surface area contributed by atoms with E-state index in [0.717, 1.165) is 18.3 Å². The highest BCUT2D eigenvalue weighted by Crippen LogP contribution is 2.37. The SMILES string of the molecule is CC(=O)[C@@H]1CC[C@H](c2cnc(OC(c3ccccc3F)C(F)(F)F)cn2)N1. The highest BCUT2D eigenvalue weighted by molar-refractivity contribution is 5.81. The van der Waals surface area contributed by atoms with Crippen molar-refractivity contribution < 1.29 is 27.1 Å². The number of halogens is 4. The molecule has 0 aliphatic carbocycles. The number of ether oxygens (including phenoxy) is 1. The van der Waals surface area contributed by atoms with Crippen LogP contribution in [0.15, 0.2) is 36.7 Å². The Morgan fingerprint density at radius 3 is 2.52 bits per heavy atom. The number of hydrogen-bond acceptors (Lipinski definition) is 5. The summed E-state index contributed by atoms with van der Waals surface area (Å²) in [4.78, 5) is 19.4. The van der Waals surface area contributed by atoms with Crippen molar-refractivity contribution in [2.45, 2.75) is 44.1 Å². The average molecular weight is 383 g/mol. The van der Waals surface area contributed by atoms with E-state index in [2.05, 4.69) is 15.3 Å². The van der Waals surface area contributed by atoms with E-state index in [1.807, 2.05) is 0 Å². The summed E-state index contributed by atoms with van der Waals surface area (Å²) in [5.41, 5.74) is -0.127. The fraction of sp³-hybridized carbons (Fsp3) is 0.389. The highest BCUT2D eigenvalue weighted by atomic mass is 19.4. The minimum atomic E-state index is -4.83. The molecule has 3 atom stereocenters. The molecule has 1 aliphatic rings. The first-order valence-electron chi connectivity index (χ1n) is 8.32. The number of hydrogen-bond donors (Lipinski definition) is 1. The Balaban J connectivity index is 1.76. The van der Waals surface area contributed by atoms with Crippen LogP contribution in [0.1, 0.15) is 43.2 Å². The molecular formula is C18H17F4N3O2. The van der Waals surface area contributed by atoms with Gasteiger partial charge in [0.2, 0.25) is 12.0 Å². The van der Waals surface area contributed by atoms with Gasteiger partial charge in [-0.25, -0.2) is 9.37 Å². The Labute approximate surface area is 152 Å². The topological polar surface area (TPSA) is 64.1 Å². The first-order chi connectivity index (χ1) is 12.8. The van der Waals surface area contributed by atoms with E-state index in [0.29, 0.717) is 18.5 Å². The second-order valence-corrected chi connectivity index (χ2v) is 6.30. The minimum Gasteiger partial charge on any atom is -0.458 e. The number of Topliss-reactive ketones (excluding diaryl/α,β-unsaturated/α-hetero) is 1. The lowest BCUT2D eigenvalue weighted by Crippen LogP contribution is -2.30.